The summed E-state index contributed by atoms with van der Waals surface area (Å²) in [7, 11) is 0. The van der Waals surface area contributed by atoms with Gasteiger partial charge in [-0.25, -0.2) is 0 Å². The predicted molar refractivity (Wildman–Crippen MR) is 95.3 cm³/mol. The highest BCUT2D eigenvalue weighted by Gasteiger charge is 2.30. The van der Waals surface area contributed by atoms with Crippen LogP contribution in [-0.2, 0) is 0 Å². The van der Waals surface area contributed by atoms with Crippen molar-refractivity contribution in [1.82, 2.24) is 15.4 Å². The Morgan fingerprint density at radius 1 is 1.16 bits per heavy atom. The van der Waals surface area contributed by atoms with Gasteiger partial charge >= 0.3 is 0 Å². The predicted octanol–water partition coefficient (Wildman–Crippen LogP) is 2.26. The Morgan fingerprint density at radius 2 is 1.88 bits per heavy atom. The van der Waals surface area contributed by atoms with Crippen LogP contribution in [-0.4, -0.2) is 47.7 Å². The average molecular weight is 346 g/mol. The third kappa shape index (κ3) is 4.42. The third-order valence-corrected chi connectivity index (χ3v) is 6.07. The minimum Gasteiger partial charge on any atom is -0.360 e. The third-order valence-electron chi connectivity index (χ3n) is 6.07. The monoisotopic (exact) mass is 346 g/mol. The highest BCUT2D eigenvalue weighted by Crippen LogP contribution is 2.40. The second kappa shape index (κ2) is 7.46. The smallest absolute Gasteiger partial charge is 0.273 e. The van der Waals surface area contributed by atoms with Crippen molar-refractivity contribution in [3.05, 3.63) is 17.5 Å². The molecule has 0 aromatic carbocycles. The van der Waals surface area contributed by atoms with Crippen LogP contribution in [0.25, 0.3) is 0 Å². The summed E-state index contributed by atoms with van der Waals surface area (Å²) in [5.74, 6) is 2.08. The minimum atomic E-state index is -0.0876. The maximum Gasteiger partial charge on any atom is 0.273 e. The molecule has 0 radical (unpaired) electrons. The molecule has 25 heavy (non-hydrogen) atoms. The summed E-state index contributed by atoms with van der Waals surface area (Å²) in [6, 6.07) is 2.49. The molecule has 6 heteroatoms. The lowest BCUT2D eigenvalue weighted by Crippen LogP contribution is -2.46. The largest absolute Gasteiger partial charge is 0.360 e. The summed E-state index contributed by atoms with van der Waals surface area (Å²) in [5, 5.41) is 7.07. The van der Waals surface area contributed by atoms with E-state index >= 15 is 0 Å². The van der Waals surface area contributed by atoms with Crippen molar-refractivity contribution in [1.29, 1.82) is 0 Å². The van der Waals surface area contributed by atoms with Crippen LogP contribution in [0.1, 0.15) is 73.5 Å². The number of nitrogens with two attached hydrogens (primary N) is 1. The molecule has 0 spiro atoms. The first-order chi connectivity index (χ1) is 12.2. The van der Waals surface area contributed by atoms with Gasteiger partial charge < -0.3 is 20.5 Å². The van der Waals surface area contributed by atoms with E-state index in [1.807, 2.05) is 6.07 Å². The molecule has 0 unspecified atom stereocenters. The summed E-state index contributed by atoms with van der Waals surface area (Å²) >= 11 is 0. The van der Waals surface area contributed by atoms with Crippen LogP contribution >= 0.6 is 0 Å². The van der Waals surface area contributed by atoms with Crippen LogP contribution in [0.2, 0.25) is 0 Å². The molecule has 1 aromatic rings. The lowest BCUT2D eigenvalue weighted by molar-refractivity contribution is 0.0892. The van der Waals surface area contributed by atoms with Gasteiger partial charge in [-0.1, -0.05) is 5.16 Å². The van der Waals surface area contributed by atoms with E-state index in [2.05, 4.69) is 15.4 Å². The number of nitrogens with one attached hydrogen (secondary N) is 1. The fourth-order valence-corrected chi connectivity index (χ4v) is 4.21. The highest BCUT2D eigenvalue weighted by molar-refractivity contribution is 5.92. The van der Waals surface area contributed by atoms with E-state index in [0.717, 1.165) is 50.5 Å². The van der Waals surface area contributed by atoms with Crippen LogP contribution in [0.4, 0.5) is 0 Å². The second-order valence-electron chi connectivity index (χ2n) is 8.22. The minimum absolute atomic E-state index is 0.0876. The molecule has 0 atom stereocenters. The van der Waals surface area contributed by atoms with Crippen LogP contribution < -0.4 is 11.1 Å². The van der Waals surface area contributed by atoms with Crippen molar-refractivity contribution in [3.63, 3.8) is 0 Å². The molecule has 3 aliphatic rings. The molecule has 1 amide bonds. The van der Waals surface area contributed by atoms with Gasteiger partial charge in [-0.15, -0.1) is 0 Å². The molecule has 2 saturated carbocycles. The molecule has 0 bridgehead atoms. The Kier molecular flexibility index (Phi) is 5.08. The first-order valence-electron chi connectivity index (χ1n) is 9.93. The topological polar surface area (TPSA) is 84.4 Å². The molecular weight excluding hydrogens is 316 g/mol. The van der Waals surface area contributed by atoms with Crippen LogP contribution in [0, 0.1) is 5.92 Å². The number of amides is 1. The normalized spacial score (nSPS) is 28.8. The van der Waals surface area contributed by atoms with Crippen molar-refractivity contribution in [3.8, 4) is 0 Å². The molecule has 138 valence electrons. The molecule has 6 nitrogen and oxygen atoms in total. The van der Waals surface area contributed by atoms with E-state index in [1.165, 1.54) is 32.2 Å². The molecule has 4 rings (SSSR count). The van der Waals surface area contributed by atoms with E-state index in [9.17, 15) is 4.79 Å². The Bertz CT molecular complexity index is 582. The van der Waals surface area contributed by atoms with Crippen molar-refractivity contribution in [2.24, 2.45) is 11.7 Å². The van der Waals surface area contributed by atoms with Gasteiger partial charge in [-0.3, -0.25) is 4.79 Å². The van der Waals surface area contributed by atoms with Gasteiger partial charge in [0, 0.05) is 43.7 Å². The summed E-state index contributed by atoms with van der Waals surface area (Å²) in [6.45, 7) is 3.33. The zero-order valence-electron chi connectivity index (χ0n) is 15.0. The zero-order chi connectivity index (χ0) is 17.2. The Balaban J connectivity index is 1.19. The first-order valence-corrected chi connectivity index (χ1v) is 9.93. The van der Waals surface area contributed by atoms with Crippen molar-refractivity contribution in [2.75, 3.05) is 19.6 Å². The summed E-state index contributed by atoms with van der Waals surface area (Å²) in [4.78, 5) is 14.9. The number of rotatable bonds is 5. The number of hydrogen-bond donors (Lipinski definition) is 2. The quantitative estimate of drug-likeness (QED) is 0.854. The number of piperidine rings is 1. The van der Waals surface area contributed by atoms with E-state index in [0.29, 0.717) is 17.7 Å². The van der Waals surface area contributed by atoms with Crippen molar-refractivity contribution >= 4 is 5.91 Å². The Morgan fingerprint density at radius 3 is 2.56 bits per heavy atom. The standard InChI is InChI=1S/C19H30N4O2/c20-15-5-1-13(2-6-15)12-23-9-7-16(8-10-23)21-19(24)17-11-18(25-22-17)14-3-4-14/h11,13-16H,1-10,12,20H2,(H,21,24). The summed E-state index contributed by atoms with van der Waals surface area (Å²) in [5.41, 5.74) is 6.43. The van der Waals surface area contributed by atoms with Gasteiger partial charge in [0.05, 0.1) is 0 Å². The number of carbonyl (C=O) groups is 1. The molecule has 1 aromatic heterocycles. The van der Waals surface area contributed by atoms with Crippen LogP contribution in [0.5, 0.6) is 0 Å². The van der Waals surface area contributed by atoms with Gasteiger partial charge in [0.15, 0.2) is 5.69 Å². The fourth-order valence-electron chi connectivity index (χ4n) is 4.21. The summed E-state index contributed by atoms with van der Waals surface area (Å²) in [6.07, 6.45) is 9.25. The molecular formula is C19H30N4O2. The molecule has 3 fully saturated rings. The number of carbonyl (C=O) groups excluding carboxylic acids is 1. The van der Waals surface area contributed by atoms with Gasteiger partial charge in [0.1, 0.15) is 5.76 Å². The second-order valence-corrected chi connectivity index (χ2v) is 8.22. The van der Waals surface area contributed by atoms with Gasteiger partial charge in [-0.05, 0) is 57.3 Å². The van der Waals surface area contributed by atoms with E-state index in [-0.39, 0.29) is 11.9 Å². The van der Waals surface area contributed by atoms with Crippen LogP contribution in [0.15, 0.2) is 10.6 Å². The zero-order valence-corrected chi connectivity index (χ0v) is 15.0. The van der Waals surface area contributed by atoms with E-state index in [4.69, 9.17) is 10.3 Å². The highest BCUT2D eigenvalue weighted by atomic mass is 16.5. The Hall–Kier alpha value is -1.40. The number of aromatic nitrogens is 1. The summed E-state index contributed by atoms with van der Waals surface area (Å²) < 4.78 is 5.28. The number of likely N-dealkylation sites (tertiary alicyclic amines) is 1. The molecule has 2 aliphatic carbocycles. The van der Waals surface area contributed by atoms with Gasteiger partial charge in [-0.2, -0.15) is 0 Å². The van der Waals surface area contributed by atoms with Crippen molar-refractivity contribution < 1.29 is 9.32 Å². The molecule has 1 aliphatic heterocycles. The maximum absolute atomic E-state index is 12.3. The average Bonchev–Trinajstić information content (AvgIpc) is 3.35. The molecule has 1 saturated heterocycles. The first kappa shape index (κ1) is 17.0. The van der Waals surface area contributed by atoms with Crippen molar-refractivity contribution in [2.45, 2.75) is 69.4 Å². The van der Waals surface area contributed by atoms with Gasteiger partial charge in [0.2, 0.25) is 0 Å². The SMILES string of the molecule is NC1CCC(CN2CCC(NC(=O)c3cc(C4CC4)on3)CC2)CC1. The molecule has 2 heterocycles. The van der Waals surface area contributed by atoms with Gasteiger partial charge in [0.25, 0.3) is 5.91 Å². The fraction of sp³-hybridized carbons (Fsp3) is 0.789. The van der Waals surface area contributed by atoms with E-state index in [1.54, 1.807) is 0 Å². The molecule has 3 N–H and O–H groups in total. The maximum atomic E-state index is 12.3. The number of nitrogens with zero attached hydrogens (tertiary/aromatic N) is 2. The van der Waals surface area contributed by atoms with E-state index < -0.39 is 0 Å². The lowest BCUT2D eigenvalue weighted by Gasteiger charge is -2.36. The number of hydrogen-bond acceptors (Lipinski definition) is 5. The Labute approximate surface area is 149 Å². The lowest BCUT2D eigenvalue weighted by atomic mass is 9.86. The van der Waals surface area contributed by atoms with Crippen LogP contribution in [0.3, 0.4) is 0 Å².